The van der Waals surface area contributed by atoms with E-state index in [1.54, 1.807) is 6.20 Å². The molecule has 0 spiro atoms. The number of aromatic nitrogens is 1. The SMILES string of the molecule is CC1(C)CC(=O)N(CC(=O)NCC(NC(=O)c2ccc3sncc3c2)C2CCCCC2)O1. The number of hydroxylamine groups is 2. The van der Waals surface area contributed by atoms with E-state index in [0.717, 1.165) is 40.8 Å². The fraction of sp³-hybridized carbons (Fsp3) is 0.565. The molecule has 1 saturated heterocycles. The topological polar surface area (TPSA) is 101 Å². The van der Waals surface area contributed by atoms with Gasteiger partial charge in [0, 0.05) is 29.7 Å². The van der Waals surface area contributed by atoms with E-state index in [4.69, 9.17) is 4.84 Å². The number of fused-ring (bicyclic) bond motifs is 1. The highest BCUT2D eigenvalue weighted by Crippen LogP contribution is 2.27. The van der Waals surface area contributed by atoms with Crippen LogP contribution in [0.1, 0.15) is 62.7 Å². The van der Waals surface area contributed by atoms with E-state index in [9.17, 15) is 14.4 Å². The van der Waals surface area contributed by atoms with Crippen LogP contribution in [0, 0.1) is 5.92 Å². The molecular weight excluding hydrogens is 428 g/mol. The van der Waals surface area contributed by atoms with E-state index in [1.807, 2.05) is 32.0 Å². The molecule has 2 N–H and O–H groups in total. The van der Waals surface area contributed by atoms with Crippen LogP contribution in [-0.4, -0.2) is 51.9 Å². The summed E-state index contributed by atoms with van der Waals surface area (Å²) in [5.74, 6) is -0.330. The van der Waals surface area contributed by atoms with Crippen LogP contribution in [0.5, 0.6) is 0 Å². The van der Waals surface area contributed by atoms with Crippen molar-refractivity contribution in [3.63, 3.8) is 0 Å². The van der Waals surface area contributed by atoms with Crippen molar-refractivity contribution in [2.24, 2.45) is 5.92 Å². The Kier molecular flexibility index (Phi) is 6.76. The average Bonchev–Trinajstić information content (AvgIpc) is 3.33. The van der Waals surface area contributed by atoms with Gasteiger partial charge in [0.2, 0.25) is 11.8 Å². The fourth-order valence-electron chi connectivity index (χ4n) is 4.50. The molecule has 1 aliphatic carbocycles. The molecule has 2 aliphatic rings. The number of carbonyl (C=O) groups excluding carboxylic acids is 3. The third kappa shape index (κ3) is 5.45. The summed E-state index contributed by atoms with van der Waals surface area (Å²) in [7, 11) is 0. The van der Waals surface area contributed by atoms with Gasteiger partial charge in [-0.2, -0.15) is 4.37 Å². The second-order valence-corrected chi connectivity index (χ2v) is 10.2. The number of nitrogens with zero attached hydrogens (tertiary/aromatic N) is 2. The van der Waals surface area contributed by atoms with Crippen LogP contribution < -0.4 is 10.6 Å². The highest BCUT2D eigenvalue weighted by atomic mass is 32.1. The highest BCUT2D eigenvalue weighted by Gasteiger charge is 2.38. The smallest absolute Gasteiger partial charge is 0.251 e. The molecule has 32 heavy (non-hydrogen) atoms. The predicted octanol–water partition coefficient (Wildman–Crippen LogP) is 3.03. The quantitative estimate of drug-likeness (QED) is 0.664. The van der Waals surface area contributed by atoms with Crippen molar-refractivity contribution in [1.82, 2.24) is 20.1 Å². The molecule has 4 rings (SSSR count). The van der Waals surface area contributed by atoms with Gasteiger partial charge in [-0.1, -0.05) is 19.3 Å². The van der Waals surface area contributed by atoms with Crippen molar-refractivity contribution in [1.29, 1.82) is 0 Å². The number of hydrogen-bond donors (Lipinski definition) is 2. The zero-order chi connectivity index (χ0) is 22.7. The van der Waals surface area contributed by atoms with Gasteiger partial charge in [0.05, 0.1) is 16.7 Å². The zero-order valence-electron chi connectivity index (χ0n) is 18.6. The first-order valence-corrected chi connectivity index (χ1v) is 12.0. The maximum absolute atomic E-state index is 13.0. The van der Waals surface area contributed by atoms with E-state index >= 15 is 0 Å². The van der Waals surface area contributed by atoms with Crippen molar-refractivity contribution < 1.29 is 19.2 Å². The molecule has 0 radical (unpaired) electrons. The number of amides is 3. The van der Waals surface area contributed by atoms with E-state index < -0.39 is 5.60 Å². The molecule has 1 aromatic heterocycles. The van der Waals surface area contributed by atoms with E-state index in [0.29, 0.717) is 18.0 Å². The number of benzene rings is 1. The second kappa shape index (κ2) is 9.54. The van der Waals surface area contributed by atoms with Gasteiger partial charge >= 0.3 is 0 Å². The normalized spacial score (nSPS) is 19.8. The van der Waals surface area contributed by atoms with Crippen LogP contribution in [-0.2, 0) is 14.4 Å². The minimum absolute atomic E-state index is 0.143. The summed E-state index contributed by atoms with van der Waals surface area (Å²) in [6.07, 6.45) is 7.52. The van der Waals surface area contributed by atoms with Gasteiger partial charge in [0.15, 0.2) is 0 Å². The number of nitrogens with one attached hydrogen (secondary N) is 2. The summed E-state index contributed by atoms with van der Waals surface area (Å²) in [4.78, 5) is 43.1. The van der Waals surface area contributed by atoms with Gasteiger partial charge in [-0.15, -0.1) is 0 Å². The Balaban J connectivity index is 1.38. The average molecular weight is 459 g/mol. The molecule has 172 valence electrons. The van der Waals surface area contributed by atoms with Crippen LogP contribution >= 0.6 is 11.5 Å². The molecule has 2 heterocycles. The van der Waals surface area contributed by atoms with E-state index in [-0.39, 0.29) is 36.7 Å². The lowest BCUT2D eigenvalue weighted by atomic mass is 9.83. The summed E-state index contributed by atoms with van der Waals surface area (Å²) >= 11 is 1.40. The first-order chi connectivity index (χ1) is 15.3. The molecular formula is C23H30N4O4S. The van der Waals surface area contributed by atoms with Crippen LogP contribution in [0.15, 0.2) is 24.4 Å². The van der Waals surface area contributed by atoms with Gasteiger partial charge in [-0.05, 0) is 62.3 Å². The van der Waals surface area contributed by atoms with E-state index in [2.05, 4.69) is 15.0 Å². The van der Waals surface area contributed by atoms with Crippen LogP contribution in [0.4, 0.5) is 0 Å². The first-order valence-electron chi connectivity index (χ1n) is 11.2. The molecule has 1 aromatic carbocycles. The second-order valence-electron chi connectivity index (χ2n) is 9.32. The Morgan fingerprint density at radius 2 is 2.06 bits per heavy atom. The molecule has 1 unspecified atom stereocenters. The van der Waals surface area contributed by atoms with Crippen molar-refractivity contribution >= 4 is 39.3 Å². The lowest BCUT2D eigenvalue weighted by molar-refractivity contribution is -0.192. The van der Waals surface area contributed by atoms with Crippen molar-refractivity contribution in [2.45, 2.75) is 64.0 Å². The minimum Gasteiger partial charge on any atom is -0.352 e. The van der Waals surface area contributed by atoms with E-state index in [1.165, 1.54) is 18.0 Å². The Morgan fingerprint density at radius 1 is 1.28 bits per heavy atom. The fourth-order valence-corrected chi connectivity index (χ4v) is 5.13. The van der Waals surface area contributed by atoms with Crippen LogP contribution in [0.2, 0.25) is 0 Å². The summed E-state index contributed by atoms with van der Waals surface area (Å²) < 4.78 is 5.21. The Hall–Kier alpha value is -2.52. The molecule has 0 bridgehead atoms. The van der Waals surface area contributed by atoms with Gasteiger partial charge in [0.25, 0.3) is 5.91 Å². The Bertz CT molecular complexity index is 999. The van der Waals surface area contributed by atoms with Gasteiger partial charge < -0.3 is 10.6 Å². The van der Waals surface area contributed by atoms with Crippen molar-refractivity contribution in [3.8, 4) is 0 Å². The summed E-state index contributed by atoms with van der Waals surface area (Å²) in [6.45, 7) is 3.82. The number of hydrogen-bond acceptors (Lipinski definition) is 6. The molecule has 2 aromatic rings. The molecule has 9 heteroatoms. The number of rotatable bonds is 7. The Labute approximate surface area is 191 Å². The third-order valence-corrected chi connectivity index (χ3v) is 6.95. The third-order valence-electron chi connectivity index (χ3n) is 6.17. The number of carbonyl (C=O) groups is 3. The predicted molar refractivity (Wildman–Crippen MR) is 122 cm³/mol. The Morgan fingerprint density at radius 3 is 2.78 bits per heavy atom. The lowest BCUT2D eigenvalue weighted by Crippen LogP contribution is -2.50. The van der Waals surface area contributed by atoms with Gasteiger partial charge in [-0.3, -0.25) is 19.2 Å². The molecule has 3 amide bonds. The largest absolute Gasteiger partial charge is 0.352 e. The van der Waals surface area contributed by atoms with Crippen molar-refractivity contribution in [2.75, 3.05) is 13.1 Å². The van der Waals surface area contributed by atoms with Crippen LogP contribution in [0.3, 0.4) is 0 Å². The molecule has 1 atom stereocenters. The lowest BCUT2D eigenvalue weighted by Gasteiger charge is -2.31. The zero-order valence-corrected chi connectivity index (χ0v) is 19.4. The highest BCUT2D eigenvalue weighted by molar-refractivity contribution is 7.13. The molecule has 1 aliphatic heterocycles. The molecule has 2 fully saturated rings. The standard InChI is InChI=1S/C23H30N4O4S/c1-23(2)11-21(29)27(31-23)14-20(28)24-13-18(15-6-4-3-5-7-15)26-22(30)16-8-9-19-17(10-16)12-25-32-19/h8-10,12,15,18H,3-7,11,13-14H2,1-2H3,(H,24,28)(H,26,30). The summed E-state index contributed by atoms with van der Waals surface area (Å²) in [5, 5.41) is 8.13. The monoisotopic (exact) mass is 458 g/mol. The summed E-state index contributed by atoms with van der Waals surface area (Å²) in [5.41, 5.74) is -0.00202. The molecule has 8 nitrogen and oxygen atoms in total. The van der Waals surface area contributed by atoms with Gasteiger partial charge in [-0.25, -0.2) is 5.06 Å². The molecule has 1 saturated carbocycles. The minimum atomic E-state index is -0.588. The summed E-state index contributed by atoms with van der Waals surface area (Å²) in [6, 6.07) is 5.40. The van der Waals surface area contributed by atoms with Crippen LogP contribution in [0.25, 0.3) is 10.1 Å². The first kappa shape index (κ1) is 22.7. The van der Waals surface area contributed by atoms with Crippen molar-refractivity contribution in [3.05, 3.63) is 30.0 Å². The van der Waals surface area contributed by atoms with Gasteiger partial charge in [0.1, 0.15) is 6.54 Å². The maximum atomic E-state index is 13.0. The maximum Gasteiger partial charge on any atom is 0.251 e.